The lowest BCUT2D eigenvalue weighted by Gasteiger charge is -2.16. The number of aryl methyl sites for hydroxylation is 1. The van der Waals surface area contributed by atoms with Gasteiger partial charge in [-0.15, -0.1) is 0 Å². The Morgan fingerprint density at radius 2 is 1.79 bits per heavy atom. The number of amides is 2. The van der Waals surface area contributed by atoms with Crippen molar-refractivity contribution < 1.29 is 9.59 Å². The van der Waals surface area contributed by atoms with Gasteiger partial charge in [0, 0.05) is 6.20 Å². The monoisotopic (exact) mass is 254 g/mol. The van der Waals surface area contributed by atoms with Gasteiger partial charge >= 0.3 is 0 Å². The van der Waals surface area contributed by atoms with E-state index in [0.29, 0.717) is 5.82 Å². The van der Waals surface area contributed by atoms with Crippen LogP contribution in [-0.2, 0) is 9.59 Å². The molecule has 2 aliphatic carbocycles. The number of carbonyl (C=O) groups excluding carboxylic acids is 2. The zero-order valence-corrected chi connectivity index (χ0v) is 10.6. The molecular weight excluding hydrogens is 240 g/mol. The molecule has 1 aromatic heterocycles. The van der Waals surface area contributed by atoms with Gasteiger partial charge in [-0.3, -0.25) is 9.59 Å². The van der Waals surface area contributed by atoms with Crippen LogP contribution in [0.4, 0.5) is 5.82 Å². The molecule has 96 valence electrons. The number of hydrogen-bond donors (Lipinski definition) is 0. The lowest BCUT2D eigenvalue weighted by atomic mass is 9.85. The van der Waals surface area contributed by atoms with Crippen molar-refractivity contribution >= 4 is 17.6 Å². The zero-order chi connectivity index (χ0) is 13.1. The molecule has 19 heavy (non-hydrogen) atoms. The Bertz CT molecular complexity index is 592. The molecule has 1 saturated heterocycles. The summed E-state index contributed by atoms with van der Waals surface area (Å²) in [5.41, 5.74) is 1.00. The molecule has 2 amide bonds. The van der Waals surface area contributed by atoms with Gasteiger partial charge in [0.25, 0.3) is 0 Å². The summed E-state index contributed by atoms with van der Waals surface area (Å²) in [6.07, 6.45) is 6.81. The smallest absolute Gasteiger partial charge is 0.239 e. The molecule has 2 bridgehead atoms. The maximum Gasteiger partial charge on any atom is 0.239 e. The second-order valence-corrected chi connectivity index (χ2v) is 5.70. The van der Waals surface area contributed by atoms with Gasteiger partial charge in [0.2, 0.25) is 11.8 Å². The van der Waals surface area contributed by atoms with E-state index in [1.807, 2.05) is 13.0 Å². The van der Waals surface area contributed by atoms with E-state index in [1.165, 1.54) is 4.90 Å². The van der Waals surface area contributed by atoms with Crippen molar-refractivity contribution in [3.63, 3.8) is 0 Å². The molecule has 4 nitrogen and oxygen atoms in total. The van der Waals surface area contributed by atoms with Gasteiger partial charge in [0.1, 0.15) is 5.82 Å². The molecule has 1 aromatic rings. The van der Waals surface area contributed by atoms with Crippen molar-refractivity contribution in [2.24, 2.45) is 23.7 Å². The summed E-state index contributed by atoms with van der Waals surface area (Å²) in [5, 5.41) is 0. The molecule has 0 N–H and O–H groups in total. The zero-order valence-electron chi connectivity index (χ0n) is 10.6. The maximum absolute atomic E-state index is 12.5. The molecule has 1 aliphatic heterocycles. The number of fused-ring (bicyclic) bond motifs is 5. The minimum absolute atomic E-state index is 0.0649. The van der Waals surface area contributed by atoms with Crippen molar-refractivity contribution in [3.05, 3.63) is 36.0 Å². The first-order valence-electron chi connectivity index (χ1n) is 6.65. The number of anilines is 1. The van der Waals surface area contributed by atoms with E-state index in [1.54, 1.807) is 12.3 Å². The van der Waals surface area contributed by atoms with E-state index in [9.17, 15) is 9.59 Å². The van der Waals surface area contributed by atoms with Gasteiger partial charge in [0.15, 0.2) is 0 Å². The molecular formula is C15H14N2O2. The van der Waals surface area contributed by atoms with Crippen molar-refractivity contribution in [2.75, 3.05) is 4.90 Å². The van der Waals surface area contributed by atoms with Crippen LogP contribution in [0.3, 0.4) is 0 Å². The fourth-order valence-electron chi connectivity index (χ4n) is 3.77. The first kappa shape index (κ1) is 10.9. The number of nitrogens with zero attached hydrogens (tertiary/aromatic N) is 2. The van der Waals surface area contributed by atoms with Crippen molar-refractivity contribution in [2.45, 2.75) is 13.3 Å². The average molecular weight is 254 g/mol. The number of imide groups is 1. The number of aromatic nitrogens is 1. The number of allylic oxidation sites excluding steroid dienone is 2. The Hall–Kier alpha value is -1.97. The van der Waals surface area contributed by atoms with Crippen LogP contribution in [0.15, 0.2) is 30.5 Å². The highest BCUT2D eigenvalue weighted by Gasteiger charge is 2.59. The quantitative estimate of drug-likeness (QED) is 0.566. The first-order valence-corrected chi connectivity index (χ1v) is 6.65. The summed E-state index contributed by atoms with van der Waals surface area (Å²) >= 11 is 0. The fraction of sp³-hybridized carbons (Fsp3) is 0.400. The largest absolute Gasteiger partial charge is 0.274 e. The minimum atomic E-state index is -0.148. The molecule has 3 aliphatic rings. The summed E-state index contributed by atoms with van der Waals surface area (Å²) in [6.45, 7) is 1.93. The highest BCUT2D eigenvalue weighted by molar-refractivity contribution is 6.22. The standard InChI is InChI=1S/C15H14N2O2/c1-8-4-5-16-11(6-8)17-14(18)12-9-2-3-10(7-9)13(12)15(17)19/h2-6,9-10,12-13H,7H2,1H3/t9-,10-,12+,13+/m1/s1. The summed E-state index contributed by atoms with van der Waals surface area (Å²) in [6, 6.07) is 3.66. The Morgan fingerprint density at radius 3 is 2.37 bits per heavy atom. The van der Waals surface area contributed by atoms with Crippen molar-refractivity contribution in [3.8, 4) is 0 Å². The normalized spacial score (nSPS) is 35.3. The van der Waals surface area contributed by atoms with Gasteiger partial charge in [-0.2, -0.15) is 0 Å². The van der Waals surface area contributed by atoms with Crippen LogP contribution in [0, 0.1) is 30.6 Å². The number of carbonyl (C=O) groups is 2. The number of rotatable bonds is 1. The van der Waals surface area contributed by atoms with Crippen molar-refractivity contribution in [1.82, 2.24) is 4.98 Å². The minimum Gasteiger partial charge on any atom is -0.274 e. The van der Waals surface area contributed by atoms with Crippen LogP contribution in [0.2, 0.25) is 0 Å². The topological polar surface area (TPSA) is 50.3 Å². The molecule has 0 radical (unpaired) electrons. The molecule has 2 heterocycles. The number of pyridine rings is 1. The molecule has 0 unspecified atom stereocenters. The van der Waals surface area contributed by atoms with E-state index in [0.717, 1.165) is 12.0 Å². The van der Waals surface area contributed by atoms with Crippen LogP contribution < -0.4 is 4.90 Å². The Kier molecular flexibility index (Phi) is 2.03. The summed E-state index contributed by atoms with van der Waals surface area (Å²) in [7, 11) is 0. The third-order valence-electron chi connectivity index (χ3n) is 4.60. The van der Waals surface area contributed by atoms with Crippen LogP contribution in [0.5, 0.6) is 0 Å². The van der Waals surface area contributed by atoms with E-state index < -0.39 is 0 Å². The van der Waals surface area contributed by atoms with E-state index in [-0.39, 0.29) is 35.5 Å². The molecule has 4 rings (SSSR count). The van der Waals surface area contributed by atoms with Gasteiger partial charge in [-0.1, -0.05) is 12.2 Å². The summed E-state index contributed by atoms with van der Waals surface area (Å²) in [4.78, 5) is 30.5. The van der Waals surface area contributed by atoms with Gasteiger partial charge < -0.3 is 0 Å². The van der Waals surface area contributed by atoms with E-state index in [4.69, 9.17) is 0 Å². The van der Waals surface area contributed by atoms with Crippen LogP contribution in [-0.4, -0.2) is 16.8 Å². The lowest BCUT2D eigenvalue weighted by molar-refractivity contribution is -0.123. The molecule has 2 fully saturated rings. The highest BCUT2D eigenvalue weighted by Crippen LogP contribution is 2.52. The molecule has 1 saturated carbocycles. The van der Waals surface area contributed by atoms with Crippen LogP contribution in [0.25, 0.3) is 0 Å². The van der Waals surface area contributed by atoms with Gasteiger partial charge in [-0.25, -0.2) is 9.88 Å². The van der Waals surface area contributed by atoms with Crippen LogP contribution >= 0.6 is 0 Å². The Morgan fingerprint density at radius 1 is 1.16 bits per heavy atom. The predicted molar refractivity (Wildman–Crippen MR) is 69.2 cm³/mol. The fourth-order valence-corrected chi connectivity index (χ4v) is 3.77. The Labute approximate surface area is 111 Å². The Balaban J connectivity index is 1.77. The lowest BCUT2D eigenvalue weighted by Crippen LogP contribution is -2.33. The molecule has 4 heteroatoms. The first-order chi connectivity index (χ1) is 9.16. The van der Waals surface area contributed by atoms with E-state index in [2.05, 4.69) is 17.1 Å². The second-order valence-electron chi connectivity index (χ2n) is 5.70. The highest BCUT2D eigenvalue weighted by atomic mass is 16.2. The van der Waals surface area contributed by atoms with E-state index >= 15 is 0 Å². The number of hydrogen-bond acceptors (Lipinski definition) is 3. The van der Waals surface area contributed by atoms with Gasteiger partial charge in [0.05, 0.1) is 11.8 Å². The average Bonchev–Trinajstić information content (AvgIpc) is 3.04. The summed E-state index contributed by atoms with van der Waals surface area (Å²) < 4.78 is 0. The molecule has 0 aromatic carbocycles. The summed E-state index contributed by atoms with van der Waals surface area (Å²) in [5.74, 6) is 0.552. The second kappa shape index (κ2) is 3.53. The molecule has 4 atom stereocenters. The third-order valence-corrected chi connectivity index (χ3v) is 4.60. The maximum atomic E-state index is 12.5. The van der Waals surface area contributed by atoms with Crippen LogP contribution in [0.1, 0.15) is 12.0 Å². The SMILES string of the molecule is Cc1ccnc(N2C(=O)[C@@H]3[C@@H](C2=O)[C@@H]2C=C[C@@H]3C2)c1. The third kappa shape index (κ3) is 1.31. The van der Waals surface area contributed by atoms with Gasteiger partial charge in [-0.05, 0) is 42.9 Å². The predicted octanol–water partition coefficient (Wildman–Crippen LogP) is 1.70. The molecule has 0 spiro atoms. The van der Waals surface area contributed by atoms with Crippen molar-refractivity contribution in [1.29, 1.82) is 0 Å².